The zero-order valence-electron chi connectivity index (χ0n) is 9.03. The molecule has 0 aliphatic rings. The van der Waals surface area contributed by atoms with Crippen LogP contribution in [0, 0.1) is 0 Å². The Hall–Kier alpha value is -1.67. The summed E-state index contributed by atoms with van der Waals surface area (Å²) in [6.45, 7) is 0. The second-order valence-electron chi connectivity index (χ2n) is 3.34. The van der Waals surface area contributed by atoms with E-state index in [1.54, 1.807) is 0 Å². The molecule has 0 saturated heterocycles. The smallest absolute Gasteiger partial charge is 0.306 e. The first-order chi connectivity index (χ1) is 8.88. The third kappa shape index (κ3) is 3.21. The van der Waals surface area contributed by atoms with Gasteiger partial charge in [0.15, 0.2) is 5.69 Å². The summed E-state index contributed by atoms with van der Waals surface area (Å²) in [5.74, 6) is -0.858. The van der Waals surface area contributed by atoms with Crippen LogP contribution in [-0.4, -0.2) is 15.9 Å². The molecular weight excluding hydrogens is 303 g/mol. The zero-order valence-corrected chi connectivity index (χ0v) is 10.6. The first kappa shape index (κ1) is 13.8. The van der Waals surface area contributed by atoms with Gasteiger partial charge in [0.1, 0.15) is 10.7 Å². The minimum Gasteiger partial charge on any atom is -0.306 e. The lowest BCUT2D eigenvalue weighted by Gasteiger charge is -2.06. The van der Waals surface area contributed by atoms with Gasteiger partial charge in [0.2, 0.25) is 0 Å². The maximum atomic E-state index is 12.6. The number of anilines is 1. The van der Waals surface area contributed by atoms with Gasteiger partial charge < -0.3 is 5.32 Å². The van der Waals surface area contributed by atoms with Crippen LogP contribution in [0.1, 0.15) is 15.4 Å². The number of aromatic nitrogens is 2. The van der Waals surface area contributed by atoms with Gasteiger partial charge in [0, 0.05) is 11.2 Å². The fourth-order valence-corrected chi connectivity index (χ4v) is 2.12. The molecule has 19 heavy (non-hydrogen) atoms. The second-order valence-corrected chi connectivity index (χ2v) is 4.63. The summed E-state index contributed by atoms with van der Waals surface area (Å²) in [7, 11) is 0. The third-order valence-corrected chi connectivity index (χ3v) is 3.07. The van der Waals surface area contributed by atoms with Crippen LogP contribution >= 0.6 is 22.9 Å². The Labute approximate surface area is 114 Å². The van der Waals surface area contributed by atoms with Crippen LogP contribution in [0.5, 0.6) is 0 Å². The predicted molar refractivity (Wildman–Crippen MR) is 64.3 cm³/mol. The van der Waals surface area contributed by atoms with E-state index in [4.69, 9.17) is 11.6 Å². The highest BCUT2D eigenvalue weighted by Gasteiger charge is 2.38. The SMILES string of the molecule is O=C(Nc1cc(Cl)ccn1)c1scnc1C(F)(F)F. The summed E-state index contributed by atoms with van der Waals surface area (Å²) in [5.41, 5.74) is -0.250. The molecule has 0 unspecified atom stereocenters. The fraction of sp³-hybridized carbons (Fsp3) is 0.100. The summed E-state index contributed by atoms with van der Waals surface area (Å²) in [6, 6.07) is 2.80. The van der Waals surface area contributed by atoms with E-state index < -0.39 is 22.7 Å². The lowest BCUT2D eigenvalue weighted by molar-refractivity contribution is -0.141. The summed E-state index contributed by atoms with van der Waals surface area (Å²) in [5, 5.41) is 2.54. The number of alkyl halides is 3. The first-order valence-electron chi connectivity index (χ1n) is 4.81. The molecule has 0 aromatic carbocycles. The van der Waals surface area contributed by atoms with Crippen molar-refractivity contribution in [2.75, 3.05) is 5.32 Å². The minimum atomic E-state index is -4.67. The van der Waals surface area contributed by atoms with Gasteiger partial charge in [-0.1, -0.05) is 11.6 Å². The number of nitrogens with one attached hydrogen (secondary N) is 1. The van der Waals surface area contributed by atoms with Gasteiger partial charge in [-0.2, -0.15) is 13.2 Å². The second kappa shape index (κ2) is 5.14. The molecule has 0 aliphatic carbocycles. The van der Waals surface area contributed by atoms with Crippen LogP contribution in [-0.2, 0) is 6.18 Å². The van der Waals surface area contributed by atoms with Gasteiger partial charge in [0.05, 0.1) is 5.51 Å². The summed E-state index contributed by atoms with van der Waals surface area (Å²) < 4.78 is 37.7. The van der Waals surface area contributed by atoms with E-state index in [9.17, 15) is 18.0 Å². The zero-order chi connectivity index (χ0) is 14.0. The number of nitrogens with zero attached hydrogens (tertiary/aromatic N) is 2. The molecule has 0 aliphatic heterocycles. The topological polar surface area (TPSA) is 54.9 Å². The van der Waals surface area contributed by atoms with Crippen molar-refractivity contribution in [1.29, 1.82) is 0 Å². The molecule has 0 bridgehead atoms. The maximum Gasteiger partial charge on any atom is 0.434 e. The van der Waals surface area contributed by atoms with Crippen LogP contribution in [0.15, 0.2) is 23.8 Å². The van der Waals surface area contributed by atoms with Crippen molar-refractivity contribution in [2.24, 2.45) is 0 Å². The lowest BCUT2D eigenvalue weighted by atomic mass is 10.3. The number of carbonyl (C=O) groups is 1. The van der Waals surface area contributed by atoms with E-state index in [1.807, 2.05) is 0 Å². The number of thiazole rings is 1. The van der Waals surface area contributed by atoms with E-state index in [2.05, 4.69) is 15.3 Å². The summed E-state index contributed by atoms with van der Waals surface area (Å²) in [6.07, 6.45) is -3.34. The predicted octanol–water partition coefficient (Wildman–Crippen LogP) is 3.46. The molecule has 2 rings (SSSR count). The number of pyridine rings is 1. The Morgan fingerprint density at radius 3 is 2.74 bits per heavy atom. The normalized spacial score (nSPS) is 11.4. The Kier molecular flexibility index (Phi) is 3.72. The van der Waals surface area contributed by atoms with Crippen molar-refractivity contribution >= 4 is 34.7 Å². The summed E-state index contributed by atoms with van der Waals surface area (Å²) >= 11 is 6.28. The Morgan fingerprint density at radius 2 is 2.11 bits per heavy atom. The number of carbonyl (C=O) groups excluding carboxylic acids is 1. The average molecular weight is 308 g/mol. The molecular formula is C10H5ClF3N3OS. The van der Waals surface area contributed by atoms with Crippen molar-refractivity contribution in [3.8, 4) is 0 Å². The van der Waals surface area contributed by atoms with Gasteiger partial charge >= 0.3 is 6.18 Å². The van der Waals surface area contributed by atoms with Crippen LogP contribution in [0.4, 0.5) is 19.0 Å². The molecule has 0 atom stereocenters. The molecule has 2 aromatic rings. The molecule has 2 heterocycles. The van der Waals surface area contributed by atoms with Gasteiger partial charge in [0.25, 0.3) is 5.91 Å². The van der Waals surface area contributed by atoms with Crippen molar-refractivity contribution in [2.45, 2.75) is 6.18 Å². The molecule has 100 valence electrons. The largest absolute Gasteiger partial charge is 0.434 e. The molecule has 2 aromatic heterocycles. The third-order valence-electron chi connectivity index (χ3n) is 2.01. The monoisotopic (exact) mass is 307 g/mol. The number of hydrogen-bond donors (Lipinski definition) is 1. The molecule has 9 heteroatoms. The van der Waals surface area contributed by atoms with Gasteiger partial charge in [-0.25, -0.2) is 9.97 Å². The van der Waals surface area contributed by atoms with E-state index in [1.165, 1.54) is 18.3 Å². The number of halogens is 4. The van der Waals surface area contributed by atoms with E-state index >= 15 is 0 Å². The summed E-state index contributed by atoms with van der Waals surface area (Å²) in [4.78, 5) is 18.1. The maximum absolute atomic E-state index is 12.6. The van der Waals surface area contributed by atoms with Crippen molar-refractivity contribution in [1.82, 2.24) is 9.97 Å². The highest BCUT2D eigenvalue weighted by Crippen LogP contribution is 2.32. The molecule has 4 nitrogen and oxygen atoms in total. The van der Waals surface area contributed by atoms with Crippen LogP contribution < -0.4 is 5.32 Å². The Bertz CT molecular complexity index is 614. The van der Waals surface area contributed by atoms with Crippen molar-refractivity contribution in [3.05, 3.63) is 39.4 Å². The Balaban J connectivity index is 2.24. The number of amides is 1. The molecule has 0 saturated carbocycles. The molecule has 0 radical (unpaired) electrons. The fourth-order valence-electron chi connectivity index (χ4n) is 1.26. The average Bonchev–Trinajstić information content (AvgIpc) is 2.77. The lowest BCUT2D eigenvalue weighted by Crippen LogP contribution is -2.17. The highest BCUT2D eigenvalue weighted by molar-refractivity contribution is 7.12. The van der Waals surface area contributed by atoms with E-state index in [-0.39, 0.29) is 5.82 Å². The molecule has 1 amide bonds. The molecule has 0 fully saturated rings. The van der Waals surface area contributed by atoms with Gasteiger partial charge in [-0.3, -0.25) is 4.79 Å². The number of rotatable bonds is 2. The van der Waals surface area contributed by atoms with Crippen molar-refractivity contribution < 1.29 is 18.0 Å². The standard InChI is InChI=1S/C10H5ClF3N3OS/c11-5-1-2-15-6(3-5)17-9(18)7-8(10(12,13)14)16-4-19-7/h1-4H,(H,15,17,18). The van der Waals surface area contributed by atoms with E-state index in [0.29, 0.717) is 16.4 Å². The van der Waals surface area contributed by atoms with Gasteiger partial charge in [-0.05, 0) is 12.1 Å². The van der Waals surface area contributed by atoms with Crippen molar-refractivity contribution in [3.63, 3.8) is 0 Å². The van der Waals surface area contributed by atoms with Crippen LogP contribution in [0.2, 0.25) is 5.02 Å². The van der Waals surface area contributed by atoms with Crippen LogP contribution in [0.3, 0.4) is 0 Å². The van der Waals surface area contributed by atoms with Crippen LogP contribution in [0.25, 0.3) is 0 Å². The molecule has 1 N–H and O–H groups in total. The quantitative estimate of drug-likeness (QED) is 0.924. The molecule has 0 spiro atoms. The Morgan fingerprint density at radius 1 is 1.37 bits per heavy atom. The first-order valence-corrected chi connectivity index (χ1v) is 6.07. The minimum absolute atomic E-state index is 0.0685. The number of hydrogen-bond acceptors (Lipinski definition) is 4. The van der Waals surface area contributed by atoms with E-state index in [0.717, 1.165) is 5.51 Å². The highest BCUT2D eigenvalue weighted by atomic mass is 35.5. The van der Waals surface area contributed by atoms with Gasteiger partial charge in [-0.15, -0.1) is 11.3 Å².